The van der Waals surface area contributed by atoms with Crippen LogP contribution in [0.15, 0.2) is 12.1 Å². The van der Waals surface area contributed by atoms with Crippen LogP contribution in [0.2, 0.25) is 0 Å². The summed E-state index contributed by atoms with van der Waals surface area (Å²) in [5.74, 6) is -0.129. The van der Waals surface area contributed by atoms with Crippen molar-refractivity contribution in [3.05, 3.63) is 29.0 Å². The molecule has 7 heteroatoms. The first kappa shape index (κ1) is 24.6. The molecule has 7 nitrogen and oxygen atoms in total. The third-order valence-electron chi connectivity index (χ3n) is 5.36. The zero-order chi connectivity index (χ0) is 22.6. The maximum absolute atomic E-state index is 12.8. The number of carbonyl (C=O) groups excluding carboxylic acids is 2. The molecule has 0 spiro atoms. The van der Waals surface area contributed by atoms with E-state index in [1.807, 2.05) is 26.0 Å². The van der Waals surface area contributed by atoms with Crippen LogP contribution in [0, 0.1) is 13.8 Å². The number of carbonyl (C=O) groups is 2. The standard InChI is InChI=1S/C24H37N5O2/c1-5-7-9-11-13-25-22-21(23(30)29-24(31)26-14-12-10-8-6-2)27-19-15-17(3)18(4)16-20(19)28-22/h15-16H,5-14H2,1-4H3,(H,25,28)(H2,26,29,30,31). The van der Waals surface area contributed by atoms with Gasteiger partial charge in [-0.3, -0.25) is 10.1 Å². The van der Waals surface area contributed by atoms with Gasteiger partial charge in [0.15, 0.2) is 11.5 Å². The highest BCUT2D eigenvalue weighted by Crippen LogP contribution is 2.21. The van der Waals surface area contributed by atoms with Crippen molar-refractivity contribution in [2.24, 2.45) is 0 Å². The van der Waals surface area contributed by atoms with Crippen LogP contribution in [0.4, 0.5) is 10.6 Å². The first-order valence-electron chi connectivity index (χ1n) is 11.6. The van der Waals surface area contributed by atoms with E-state index in [-0.39, 0.29) is 5.69 Å². The topological polar surface area (TPSA) is 96.0 Å². The third-order valence-corrected chi connectivity index (χ3v) is 5.36. The zero-order valence-electron chi connectivity index (χ0n) is 19.4. The number of aromatic nitrogens is 2. The van der Waals surface area contributed by atoms with E-state index in [0.29, 0.717) is 24.4 Å². The molecule has 31 heavy (non-hydrogen) atoms. The second-order valence-corrected chi connectivity index (χ2v) is 8.10. The van der Waals surface area contributed by atoms with Gasteiger partial charge >= 0.3 is 6.03 Å². The van der Waals surface area contributed by atoms with Crippen LogP contribution in [0.3, 0.4) is 0 Å². The van der Waals surface area contributed by atoms with Crippen molar-refractivity contribution < 1.29 is 9.59 Å². The number of aryl methyl sites for hydroxylation is 2. The van der Waals surface area contributed by atoms with E-state index in [0.717, 1.165) is 61.6 Å². The average Bonchev–Trinajstić information content (AvgIpc) is 2.74. The molecule has 1 aromatic carbocycles. The van der Waals surface area contributed by atoms with Gasteiger partial charge in [-0.05, 0) is 49.9 Å². The molecule has 0 bridgehead atoms. The van der Waals surface area contributed by atoms with Crippen LogP contribution < -0.4 is 16.0 Å². The number of nitrogens with zero attached hydrogens (tertiary/aromatic N) is 2. The fraction of sp³-hybridized carbons (Fsp3) is 0.583. The highest BCUT2D eigenvalue weighted by molar-refractivity contribution is 6.06. The predicted octanol–water partition coefficient (Wildman–Crippen LogP) is 5.26. The van der Waals surface area contributed by atoms with Crippen molar-refractivity contribution >= 4 is 28.8 Å². The van der Waals surface area contributed by atoms with Gasteiger partial charge < -0.3 is 10.6 Å². The lowest BCUT2D eigenvalue weighted by molar-refractivity contribution is 0.0960. The third kappa shape index (κ3) is 7.81. The Hall–Kier alpha value is -2.70. The molecular weight excluding hydrogens is 390 g/mol. The molecule has 0 aliphatic carbocycles. The van der Waals surface area contributed by atoms with Gasteiger partial charge in [0.1, 0.15) is 0 Å². The Balaban J connectivity index is 2.13. The minimum atomic E-state index is -0.547. The first-order valence-corrected chi connectivity index (χ1v) is 11.6. The number of imide groups is 1. The van der Waals surface area contributed by atoms with E-state index in [1.54, 1.807) is 0 Å². The normalized spacial score (nSPS) is 10.8. The molecule has 1 heterocycles. The molecule has 0 atom stereocenters. The van der Waals surface area contributed by atoms with Gasteiger partial charge in [0.2, 0.25) is 0 Å². The Bertz CT molecular complexity index is 882. The van der Waals surface area contributed by atoms with E-state index >= 15 is 0 Å². The summed E-state index contributed by atoms with van der Waals surface area (Å²) in [6.45, 7) is 9.59. The molecule has 0 aliphatic rings. The monoisotopic (exact) mass is 427 g/mol. The maximum atomic E-state index is 12.8. The van der Waals surface area contributed by atoms with Gasteiger partial charge in [0.25, 0.3) is 5.91 Å². The Morgan fingerprint density at radius 1 is 0.806 bits per heavy atom. The summed E-state index contributed by atoms with van der Waals surface area (Å²) in [5, 5.41) is 8.39. The Kier molecular flexibility index (Phi) is 10.2. The molecule has 0 aliphatic heterocycles. The quantitative estimate of drug-likeness (QED) is 0.402. The zero-order valence-corrected chi connectivity index (χ0v) is 19.4. The summed E-state index contributed by atoms with van der Waals surface area (Å²) < 4.78 is 0. The number of hydrogen-bond donors (Lipinski definition) is 3. The number of urea groups is 1. The second-order valence-electron chi connectivity index (χ2n) is 8.10. The van der Waals surface area contributed by atoms with Crippen molar-refractivity contribution in [1.82, 2.24) is 20.6 Å². The van der Waals surface area contributed by atoms with Gasteiger partial charge in [0.05, 0.1) is 11.0 Å². The Labute approximate surface area is 185 Å². The van der Waals surface area contributed by atoms with Gasteiger partial charge in [-0.1, -0.05) is 52.4 Å². The Morgan fingerprint density at radius 3 is 2.00 bits per heavy atom. The van der Waals surface area contributed by atoms with Gasteiger partial charge in [-0.2, -0.15) is 0 Å². The summed E-state index contributed by atoms with van der Waals surface area (Å²) >= 11 is 0. The lowest BCUT2D eigenvalue weighted by Crippen LogP contribution is -2.40. The number of unbranched alkanes of at least 4 members (excludes halogenated alkanes) is 6. The lowest BCUT2D eigenvalue weighted by Gasteiger charge is -2.13. The summed E-state index contributed by atoms with van der Waals surface area (Å²) in [4.78, 5) is 34.2. The van der Waals surface area contributed by atoms with Gasteiger partial charge in [-0.15, -0.1) is 0 Å². The van der Waals surface area contributed by atoms with E-state index in [2.05, 4.69) is 39.8 Å². The number of hydrogen-bond acceptors (Lipinski definition) is 5. The molecule has 0 radical (unpaired) electrons. The lowest BCUT2D eigenvalue weighted by atomic mass is 10.1. The smallest absolute Gasteiger partial charge is 0.321 e. The fourth-order valence-electron chi connectivity index (χ4n) is 3.31. The molecule has 3 amide bonds. The number of benzene rings is 1. The number of anilines is 1. The van der Waals surface area contributed by atoms with E-state index in [1.165, 1.54) is 6.42 Å². The van der Waals surface area contributed by atoms with Crippen LogP contribution in [0.1, 0.15) is 86.8 Å². The SMILES string of the molecule is CCCCCCNC(=O)NC(=O)c1nc2cc(C)c(C)cc2nc1NCCCCCC. The molecule has 3 N–H and O–H groups in total. The molecule has 1 aromatic heterocycles. The number of amides is 3. The molecular formula is C24H37N5O2. The highest BCUT2D eigenvalue weighted by atomic mass is 16.2. The summed E-state index contributed by atoms with van der Waals surface area (Å²) in [6, 6.07) is 3.40. The van der Waals surface area contributed by atoms with Crippen LogP contribution >= 0.6 is 0 Å². The molecule has 0 saturated heterocycles. The predicted molar refractivity (Wildman–Crippen MR) is 127 cm³/mol. The fourth-order valence-corrected chi connectivity index (χ4v) is 3.31. The van der Waals surface area contributed by atoms with E-state index in [4.69, 9.17) is 0 Å². The summed E-state index contributed by atoms with van der Waals surface area (Å²) in [7, 11) is 0. The van der Waals surface area contributed by atoms with Crippen molar-refractivity contribution in [3.8, 4) is 0 Å². The Morgan fingerprint density at radius 2 is 1.39 bits per heavy atom. The second kappa shape index (κ2) is 12.9. The van der Waals surface area contributed by atoms with Crippen LogP contribution in [-0.4, -0.2) is 35.0 Å². The largest absolute Gasteiger partial charge is 0.368 e. The summed E-state index contributed by atoms with van der Waals surface area (Å²) in [5.41, 5.74) is 3.72. The molecule has 170 valence electrons. The molecule has 2 rings (SSSR count). The highest BCUT2D eigenvalue weighted by Gasteiger charge is 2.19. The van der Waals surface area contributed by atoms with Crippen molar-refractivity contribution in [3.63, 3.8) is 0 Å². The minimum absolute atomic E-state index is 0.146. The number of nitrogens with one attached hydrogen (secondary N) is 3. The van der Waals surface area contributed by atoms with Crippen LogP contribution in [0.25, 0.3) is 11.0 Å². The number of fused-ring (bicyclic) bond motifs is 1. The van der Waals surface area contributed by atoms with Crippen molar-refractivity contribution in [2.75, 3.05) is 18.4 Å². The van der Waals surface area contributed by atoms with Crippen molar-refractivity contribution in [1.29, 1.82) is 0 Å². The molecule has 0 fully saturated rings. The number of rotatable bonds is 12. The van der Waals surface area contributed by atoms with Gasteiger partial charge in [0, 0.05) is 13.1 Å². The maximum Gasteiger partial charge on any atom is 0.321 e. The summed E-state index contributed by atoms with van der Waals surface area (Å²) in [6.07, 6.45) is 8.68. The van der Waals surface area contributed by atoms with Crippen LogP contribution in [0.5, 0.6) is 0 Å². The van der Waals surface area contributed by atoms with Crippen molar-refractivity contribution in [2.45, 2.75) is 79.1 Å². The molecule has 2 aromatic rings. The first-order chi connectivity index (χ1) is 15.0. The average molecular weight is 428 g/mol. The van der Waals surface area contributed by atoms with Crippen LogP contribution in [-0.2, 0) is 0 Å². The minimum Gasteiger partial charge on any atom is -0.368 e. The molecule has 0 saturated carbocycles. The van der Waals surface area contributed by atoms with Gasteiger partial charge in [-0.25, -0.2) is 14.8 Å². The molecule has 0 unspecified atom stereocenters. The van der Waals surface area contributed by atoms with E-state index < -0.39 is 11.9 Å². The van der Waals surface area contributed by atoms with E-state index in [9.17, 15) is 9.59 Å².